The molecular formula is C13H28N4. The van der Waals surface area contributed by atoms with Crippen LogP contribution in [-0.2, 0) is 0 Å². The monoisotopic (exact) mass is 240 g/mol. The van der Waals surface area contributed by atoms with Gasteiger partial charge in [-0.1, -0.05) is 39.0 Å². The summed E-state index contributed by atoms with van der Waals surface area (Å²) in [6, 6.07) is 0.605. The largest absolute Gasteiger partial charge is 0.342 e. The molecular weight excluding hydrogens is 212 g/mol. The summed E-state index contributed by atoms with van der Waals surface area (Å²) in [6.45, 7) is 3.05. The van der Waals surface area contributed by atoms with Gasteiger partial charge in [0, 0.05) is 19.6 Å². The van der Waals surface area contributed by atoms with E-state index in [1.807, 2.05) is 0 Å². The maximum atomic E-state index is 5.58. The van der Waals surface area contributed by atoms with E-state index in [0.29, 0.717) is 6.04 Å². The summed E-state index contributed by atoms with van der Waals surface area (Å²) in [5, 5.41) is 0. The Morgan fingerprint density at radius 3 is 2.47 bits per heavy atom. The second-order valence-corrected chi connectivity index (χ2v) is 4.96. The molecule has 0 unspecified atom stereocenters. The first-order chi connectivity index (χ1) is 8.29. The molecule has 0 spiro atoms. The van der Waals surface area contributed by atoms with Crippen molar-refractivity contribution < 1.29 is 0 Å². The van der Waals surface area contributed by atoms with Crippen molar-refractivity contribution in [1.29, 1.82) is 0 Å². The zero-order valence-electron chi connectivity index (χ0n) is 11.4. The average molecular weight is 240 g/mol. The van der Waals surface area contributed by atoms with E-state index < -0.39 is 0 Å². The van der Waals surface area contributed by atoms with E-state index in [9.17, 15) is 0 Å². The van der Waals surface area contributed by atoms with Crippen molar-refractivity contribution in [1.82, 2.24) is 10.3 Å². The Kier molecular flexibility index (Phi) is 7.01. The first kappa shape index (κ1) is 14.3. The van der Waals surface area contributed by atoms with Gasteiger partial charge in [0.1, 0.15) is 0 Å². The van der Waals surface area contributed by atoms with Crippen LogP contribution in [0.4, 0.5) is 0 Å². The van der Waals surface area contributed by atoms with E-state index in [2.05, 4.69) is 29.3 Å². The van der Waals surface area contributed by atoms with Crippen molar-refractivity contribution in [3.63, 3.8) is 0 Å². The summed E-state index contributed by atoms with van der Waals surface area (Å²) in [5.41, 5.74) is 2.75. The lowest BCUT2D eigenvalue weighted by molar-refractivity contribution is 0.320. The Morgan fingerprint density at radius 1 is 1.29 bits per heavy atom. The van der Waals surface area contributed by atoms with Gasteiger partial charge in [-0.2, -0.15) is 0 Å². The highest BCUT2D eigenvalue weighted by atomic mass is 15.4. The minimum Gasteiger partial charge on any atom is -0.342 e. The molecule has 4 heteroatoms. The van der Waals surface area contributed by atoms with Gasteiger partial charge in [0.05, 0.1) is 0 Å². The molecule has 100 valence electrons. The molecule has 0 aromatic rings. The van der Waals surface area contributed by atoms with Crippen molar-refractivity contribution in [2.24, 2.45) is 10.8 Å². The number of nitrogens with zero attached hydrogens (tertiary/aromatic N) is 2. The Morgan fingerprint density at radius 2 is 1.94 bits per heavy atom. The second kappa shape index (κ2) is 8.34. The van der Waals surface area contributed by atoms with Crippen molar-refractivity contribution in [2.45, 2.75) is 64.3 Å². The molecule has 17 heavy (non-hydrogen) atoms. The number of rotatable bonds is 4. The molecule has 0 aliphatic heterocycles. The molecule has 1 aliphatic carbocycles. The molecule has 0 saturated heterocycles. The number of hydrogen-bond acceptors (Lipinski definition) is 2. The minimum atomic E-state index is 0.605. The molecule has 0 aromatic carbocycles. The minimum absolute atomic E-state index is 0.605. The quantitative estimate of drug-likeness (QED) is 0.198. The molecule has 3 N–H and O–H groups in total. The summed E-state index contributed by atoms with van der Waals surface area (Å²) in [7, 11) is 2.11. The Hall–Kier alpha value is -0.770. The van der Waals surface area contributed by atoms with Gasteiger partial charge in [0.15, 0.2) is 0 Å². The van der Waals surface area contributed by atoms with Crippen molar-refractivity contribution in [2.75, 3.05) is 13.6 Å². The number of unbranched alkanes of at least 4 members (excludes halogenated alkanes) is 1. The zero-order valence-corrected chi connectivity index (χ0v) is 11.4. The molecule has 0 atom stereocenters. The third-order valence-electron chi connectivity index (χ3n) is 3.61. The Balaban J connectivity index is 2.50. The van der Waals surface area contributed by atoms with E-state index >= 15 is 0 Å². The molecule has 0 aromatic heterocycles. The van der Waals surface area contributed by atoms with E-state index in [0.717, 1.165) is 18.9 Å². The van der Waals surface area contributed by atoms with Gasteiger partial charge < -0.3 is 4.90 Å². The lowest BCUT2D eigenvalue weighted by Crippen LogP contribution is -2.47. The molecule has 0 radical (unpaired) electrons. The fourth-order valence-corrected chi connectivity index (χ4v) is 2.42. The van der Waals surface area contributed by atoms with E-state index in [4.69, 9.17) is 5.84 Å². The molecule has 1 fully saturated rings. The van der Waals surface area contributed by atoms with Crippen molar-refractivity contribution in [3.05, 3.63) is 0 Å². The summed E-state index contributed by atoms with van der Waals surface area (Å²) >= 11 is 0. The Bertz CT molecular complexity index is 219. The molecule has 1 aliphatic rings. The second-order valence-electron chi connectivity index (χ2n) is 4.96. The lowest BCUT2D eigenvalue weighted by Gasteiger charge is -2.29. The highest BCUT2D eigenvalue weighted by Gasteiger charge is 2.19. The topological polar surface area (TPSA) is 53.6 Å². The third kappa shape index (κ3) is 4.94. The van der Waals surface area contributed by atoms with Crippen LogP contribution in [0.5, 0.6) is 0 Å². The van der Waals surface area contributed by atoms with Crippen LogP contribution < -0.4 is 11.3 Å². The smallest absolute Gasteiger partial charge is 0.208 e. The summed E-state index contributed by atoms with van der Waals surface area (Å²) < 4.78 is 0. The molecule has 0 bridgehead atoms. The van der Waals surface area contributed by atoms with Crippen LogP contribution in [0, 0.1) is 0 Å². The number of nitrogens with one attached hydrogen (secondary N) is 1. The number of nitrogens with two attached hydrogens (primary N) is 1. The van der Waals surface area contributed by atoms with Crippen LogP contribution in [-0.4, -0.2) is 30.5 Å². The van der Waals surface area contributed by atoms with E-state index in [1.54, 1.807) is 0 Å². The van der Waals surface area contributed by atoms with Crippen LogP contribution >= 0.6 is 0 Å². The molecule has 1 rings (SSSR count). The van der Waals surface area contributed by atoms with Crippen LogP contribution in [0.3, 0.4) is 0 Å². The van der Waals surface area contributed by atoms with E-state index in [-0.39, 0.29) is 0 Å². The molecule has 1 saturated carbocycles. The van der Waals surface area contributed by atoms with Gasteiger partial charge in [-0.15, -0.1) is 0 Å². The maximum absolute atomic E-state index is 5.58. The van der Waals surface area contributed by atoms with Gasteiger partial charge >= 0.3 is 0 Å². The lowest BCUT2D eigenvalue weighted by atomic mass is 10.1. The summed E-state index contributed by atoms with van der Waals surface area (Å²) in [5.74, 6) is 6.43. The van der Waals surface area contributed by atoms with Crippen LogP contribution in [0.25, 0.3) is 0 Å². The standard InChI is InChI=1S/C13H28N4/c1-3-4-11-15-13(16-14)17(2)12-9-7-5-6-8-10-12/h12H,3-11,14H2,1-2H3,(H,15,16). The number of hydrogen-bond donors (Lipinski definition) is 2. The van der Waals surface area contributed by atoms with Crippen LogP contribution in [0.15, 0.2) is 4.99 Å². The number of aliphatic imine (C=N–C) groups is 1. The SMILES string of the molecule is CCCCN=C(NN)N(C)C1CCCCCC1. The summed E-state index contributed by atoms with van der Waals surface area (Å²) in [4.78, 5) is 6.78. The summed E-state index contributed by atoms with van der Waals surface area (Å²) in [6.07, 6.45) is 10.3. The molecule has 4 nitrogen and oxygen atoms in total. The fourth-order valence-electron chi connectivity index (χ4n) is 2.42. The van der Waals surface area contributed by atoms with Gasteiger partial charge in [0.25, 0.3) is 0 Å². The third-order valence-corrected chi connectivity index (χ3v) is 3.61. The average Bonchev–Trinajstić information content (AvgIpc) is 2.63. The normalized spacial score (nSPS) is 18.9. The van der Waals surface area contributed by atoms with Gasteiger partial charge in [-0.25, -0.2) is 5.84 Å². The maximum Gasteiger partial charge on any atom is 0.208 e. The Labute approximate surface area is 106 Å². The molecule has 0 amide bonds. The van der Waals surface area contributed by atoms with Crippen molar-refractivity contribution in [3.8, 4) is 0 Å². The predicted molar refractivity (Wildman–Crippen MR) is 73.8 cm³/mol. The van der Waals surface area contributed by atoms with Crippen LogP contribution in [0.1, 0.15) is 58.3 Å². The van der Waals surface area contributed by atoms with Gasteiger partial charge in [-0.3, -0.25) is 10.4 Å². The van der Waals surface area contributed by atoms with Gasteiger partial charge in [-0.05, 0) is 19.3 Å². The van der Waals surface area contributed by atoms with Crippen molar-refractivity contribution >= 4 is 5.96 Å². The number of hydrazine groups is 1. The molecule has 0 heterocycles. The predicted octanol–water partition coefficient (Wildman–Crippen LogP) is 2.26. The van der Waals surface area contributed by atoms with Crippen LogP contribution in [0.2, 0.25) is 0 Å². The highest BCUT2D eigenvalue weighted by molar-refractivity contribution is 5.79. The first-order valence-electron chi connectivity index (χ1n) is 7.03. The van der Waals surface area contributed by atoms with Gasteiger partial charge in [0.2, 0.25) is 5.96 Å². The first-order valence-corrected chi connectivity index (χ1v) is 7.03. The number of guanidine groups is 1. The zero-order chi connectivity index (χ0) is 12.5. The van der Waals surface area contributed by atoms with E-state index in [1.165, 1.54) is 44.9 Å². The fraction of sp³-hybridized carbons (Fsp3) is 0.923. The highest BCUT2D eigenvalue weighted by Crippen LogP contribution is 2.20.